The van der Waals surface area contributed by atoms with Gasteiger partial charge in [-0.25, -0.2) is 4.68 Å². The minimum Gasteiger partial charge on any atom is -0.496 e. The second-order valence-corrected chi connectivity index (χ2v) is 5.99. The van der Waals surface area contributed by atoms with Gasteiger partial charge in [0, 0.05) is 5.02 Å². The number of aromatic nitrogens is 3. The first kappa shape index (κ1) is 17.1. The third-order valence-corrected chi connectivity index (χ3v) is 4.21. The van der Waals surface area contributed by atoms with Crippen molar-refractivity contribution in [3.8, 4) is 22.9 Å². The van der Waals surface area contributed by atoms with E-state index in [1.54, 1.807) is 18.9 Å². The van der Waals surface area contributed by atoms with Crippen LogP contribution in [0.15, 0.2) is 36.4 Å². The Labute approximate surface area is 151 Å². The topological polar surface area (TPSA) is 75.2 Å². The number of methoxy groups -OCH3 is 2. The number of aryl methyl sites for hydroxylation is 1. The zero-order valence-electron chi connectivity index (χ0n) is 14.3. The minimum absolute atomic E-state index is 0.173. The summed E-state index contributed by atoms with van der Waals surface area (Å²) in [5, 5.41) is 4.97. The van der Waals surface area contributed by atoms with E-state index in [0.717, 1.165) is 11.1 Å². The van der Waals surface area contributed by atoms with Gasteiger partial charge in [0.25, 0.3) is 0 Å². The van der Waals surface area contributed by atoms with Gasteiger partial charge in [-0.1, -0.05) is 29.8 Å². The molecule has 3 aromatic rings. The lowest BCUT2D eigenvalue weighted by Gasteiger charge is -2.15. The molecule has 0 aliphatic carbocycles. The van der Waals surface area contributed by atoms with Crippen molar-refractivity contribution in [2.75, 3.05) is 20.0 Å². The Bertz CT molecular complexity index is 883. The number of hydrogen-bond acceptors (Lipinski definition) is 5. The van der Waals surface area contributed by atoms with Crippen LogP contribution in [-0.4, -0.2) is 29.0 Å². The quantitative estimate of drug-likeness (QED) is 0.754. The van der Waals surface area contributed by atoms with Crippen LogP contribution >= 0.6 is 11.6 Å². The lowest BCUT2D eigenvalue weighted by Crippen LogP contribution is -2.06. The summed E-state index contributed by atoms with van der Waals surface area (Å²) in [5.74, 6) is 2.02. The van der Waals surface area contributed by atoms with Crippen LogP contribution in [0.1, 0.15) is 11.1 Å². The average Bonchev–Trinajstić information content (AvgIpc) is 2.95. The molecular weight excluding hydrogens is 340 g/mol. The summed E-state index contributed by atoms with van der Waals surface area (Å²) >= 11 is 6.28. The molecule has 1 aromatic heterocycles. The van der Waals surface area contributed by atoms with E-state index in [0.29, 0.717) is 34.5 Å². The minimum atomic E-state index is 0.173. The number of nitrogens with two attached hydrogens (primary N) is 1. The first-order chi connectivity index (χ1) is 12.0. The van der Waals surface area contributed by atoms with Crippen LogP contribution in [-0.2, 0) is 6.54 Å². The molecule has 0 fully saturated rings. The van der Waals surface area contributed by atoms with Gasteiger partial charge in [0.05, 0.1) is 20.8 Å². The third kappa shape index (κ3) is 3.39. The van der Waals surface area contributed by atoms with Crippen molar-refractivity contribution in [2.45, 2.75) is 13.5 Å². The maximum atomic E-state index is 6.28. The van der Waals surface area contributed by atoms with Gasteiger partial charge in [-0.05, 0) is 36.2 Å². The molecule has 0 atom stereocenters. The van der Waals surface area contributed by atoms with Crippen LogP contribution in [0.4, 0.5) is 5.95 Å². The Morgan fingerprint density at radius 2 is 1.76 bits per heavy atom. The lowest BCUT2D eigenvalue weighted by atomic mass is 10.1. The highest BCUT2D eigenvalue weighted by molar-refractivity contribution is 6.31. The lowest BCUT2D eigenvalue weighted by molar-refractivity contribution is 0.395. The number of halogens is 1. The standard InChI is InChI=1S/C18H19ClN4O2/c1-11-8-14(24-2)16(15(9-11)25-3)17-21-18(20)22-23(17)10-12-6-4-5-7-13(12)19/h4-9H,10H2,1-3H3,(H2,20,22). The van der Waals surface area contributed by atoms with Crippen molar-refractivity contribution in [2.24, 2.45) is 0 Å². The molecule has 7 heteroatoms. The van der Waals surface area contributed by atoms with Crippen molar-refractivity contribution in [3.63, 3.8) is 0 Å². The predicted octanol–water partition coefficient (Wildman–Crippen LogP) is 3.55. The van der Waals surface area contributed by atoms with E-state index in [4.69, 9.17) is 26.8 Å². The Morgan fingerprint density at radius 3 is 2.36 bits per heavy atom. The smallest absolute Gasteiger partial charge is 0.240 e. The zero-order valence-corrected chi connectivity index (χ0v) is 15.0. The van der Waals surface area contributed by atoms with E-state index < -0.39 is 0 Å². The van der Waals surface area contributed by atoms with Gasteiger partial charge in [0.1, 0.15) is 17.1 Å². The largest absolute Gasteiger partial charge is 0.496 e. The van der Waals surface area contributed by atoms with Gasteiger partial charge in [-0.2, -0.15) is 4.98 Å². The van der Waals surface area contributed by atoms with Gasteiger partial charge in [-0.3, -0.25) is 0 Å². The molecule has 0 unspecified atom stereocenters. The Balaban J connectivity index is 2.15. The first-order valence-corrected chi connectivity index (χ1v) is 8.08. The number of nitrogens with zero attached hydrogens (tertiary/aromatic N) is 3. The summed E-state index contributed by atoms with van der Waals surface area (Å²) in [6.07, 6.45) is 0. The number of rotatable bonds is 5. The van der Waals surface area contributed by atoms with Crippen LogP contribution in [0.25, 0.3) is 11.4 Å². The van der Waals surface area contributed by atoms with Crippen LogP contribution in [0.5, 0.6) is 11.5 Å². The normalized spacial score (nSPS) is 10.7. The van der Waals surface area contributed by atoms with Crippen LogP contribution in [0, 0.1) is 6.92 Å². The summed E-state index contributed by atoms with van der Waals surface area (Å²) in [5.41, 5.74) is 8.50. The summed E-state index contributed by atoms with van der Waals surface area (Å²) in [6.45, 7) is 2.40. The first-order valence-electron chi connectivity index (χ1n) is 7.70. The fourth-order valence-corrected chi connectivity index (χ4v) is 2.90. The van der Waals surface area contributed by atoms with Crippen molar-refractivity contribution >= 4 is 17.5 Å². The number of nitrogen functional groups attached to an aromatic ring is 1. The molecule has 0 bridgehead atoms. The molecule has 6 nitrogen and oxygen atoms in total. The second kappa shape index (κ2) is 7.03. The molecule has 130 valence electrons. The summed E-state index contributed by atoms with van der Waals surface area (Å²) in [6, 6.07) is 11.4. The molecule has 0 saturated carbocycles. The van der Waals surface area contributed by atoms with Gasteiger partial charge in [0.2, 0.25) is 5.95 Å². The predicted molar refractivity (Wildman–Crippen MR) is 98.3 cm³/mol. The number of ether oxygens (including phenoxy) is 2. The molecule has 1 heterocycles. The monoisotopic (exact) mass is 358 g/mol. The Morgan fingerprint density at radius 1 is 1.12 bits per heavy atom. The number of hydrogen-bond donors (Lipinski definition) is 1. The van der Waals surface area contributed by atoms with E-state index >= 15 is 0 Å². The van der Waals surface area contributed by atoms with Crippen molar-refractivity contribution in [1.82, 2.24) is 14.8 Å². The molecule has 0 amide bonds. The highest BCUT2D eigenvalue weighted by Crippen LogP contribution is 2.39. The SMILES string of the molecule is COc1cc(C)cc(OC)c1-c1nc(N)nn1Cc1ccccc1Cl. The van der Waals surface area contributed by atoms with Crippen molar-refractivity contribution in [3.05, 3.63) is 52.5 Å². The van der Waals surface area contributed by atoms with Crippen LogP contribution in [0.3, 0.4) is 0 Å². The highest BCUT2D eigenvalue weighted by atomic mass is 35.5. The molecule has 3 rings (SSSR count). The summed E-state index contributed by atoms with van der Waals surface area (Å²) < 4.78 is 12.8. The molecular formula is C18H19ClN4O2. The second-order valence-electron chi connectivity index (χ2n) is 5.59. The number of anilines is 1. The summed E-state index contributed by atoms with van der Waals surface area (Å²) in [4.78, 5) is 4.38. The molecule has 0 radical (unpaired) electrons. The number of benzene rings is 2. The van der Waals surface area contributed by atoms with E-state index in [2.05, 4.69) is 10.1 Å². The highest BCUT2D eigenvalue weighted by Gasteiger charge is 2.21. The molecule has 2 N–H and O–H groups in total. The van der Waals surface area contributed by atoms with Crippen molar-refractivity contribution < 1.29 is 9.47 Å². The van der Waals surface area contributed by atoms with Gasteiger partial charge >= 0.3 is 0 Å². The third-order valence-electron chi connectivity index (χ3n) is 3.84. The van der Waals surface area contributed by atoms with Gasteiger partial charge in [0.15, 0.2) is 5.82 Å². The molecule has 25 heavy (non-hydrogen) atoms. The van der Waals surface area contributed by atoms with Crippen LogP contribution < -0.4 is 15.2 Å². The fourth-order valence-electron chi connectivity index (χ4n) is 2.71. The van der Waals surface area contributed by atoms with Gasteiger partial charge < -0.3 is 15.2 Å². The molecule has 0 saturated heterocycles. The molecule has 0 spiro atoms. The zero-order chi connectivity index (χ0) is 18.0. The molecule has 0 aliphatic heterocycles. The maximum Gasteiger partial charge on any atom is 0.240 e. The van der Waals surface area contributed by atoms with Gasteiger partial charge in [-0.15, -0.1) is 5.10 Å². The van der Waals surface area contributed by atoms with E-state index in [1.807, 2.05) is 43.3 Å². The average molecular weight is 359 g/mol. The van der Waals surface area contributed by atoms with E-state index in [1.165, 1.54) is 0 Å². The molecule has 0 aliphatic rings. The van der Waals surface area contributed by atoms with E-state index in [9.17, 15) is 0 Å². The fraction of sp³-hybridized carbons (Fsp3) is 0.222. The molecule has 2 aromatic carbocycles. The maximum absolute atomic E-state index is 6.28. The summed E-state index contributed by atoms with van der Waals surface area (Å²) in [7, 11) is 3.21. The Kier molecular flexibility index (Phi) is 4.81. The Hall–Kier alpha value is -2.73. The van der Waals surface area contributed by atoms with Crippen LogP contribution in [0.2, 0.25) is 5.02 Å². The van der Waals surface area contributed by atoms with Crippen molar-refractivity contribution in [1.29, 1.82) is 0 Å². The van der Waals surface area contributed by atoms with E-state index in [-0.39, 0.29) is 5.95 Å².